The summed E-state index contributed by atoms with van der Waals surface area (Å²) in [5.74, 6) is 0. The van der Waals surface area contributed by atoms with Gasteiger partial charge in [-0.05, 0) is 25.9 Å². The average Bonchev–Trinajstić information content (AvgIpc) is 2.03. The van der Waals surface area contributed by atoms with Gasteiger partial charge in [-0.3, -0.25) is 4.90 Å². The Morgan fingerprint density at radius 1 is 1.75 bits per heavy atom. The van der Waals surface area contributed by atoms with Gasteiger partial charge in [-0.2, -0.15) is 0 Å². The number of ether oxygens (including phenoxy) is 1. The molecule has 1 heterocycles. The van der Waals surface area contributed by atoms with Crippen molar-refractivity contribution < 1.29 is 9.53 Å². The lowest BCUT2D eigenvalue weighted by atomic mass is 10.1. The van der Waals surface area contributed by atoms with Crippen molar-refractivity contribution in [1.29, 1.82) is 0 Å². The molecule has 0 radical (unpaired) electrons. The number of carbonyl (C=O) groups excluding carboxylic acids is 1. The molecule has 1 aliphatic rings. The first-order valence-electron chi connectivity index (χ1n) is 4.40. The van der Waals surface area contributed by atoms with Crippen molar-refractivity contribution in [3.63, 3.8) is 0 Å². The number of amides is 1. The van der Waals surface area contributed by atoms with Crippen LogP contribution in [0.25, 0.3) is 0 Å². The Morgan fingerprint density at radius 3 is 3.08 bits per heavy atom. The molecule has 1 saturated heterocycles. The van der Waals surface area contributed by atoms with Gasteiger partial charge in [0.05, 0.1) is 0 Å². The van der Waals surface area contributed by atoms with E-state index in [0.717, 1.165) is 32.5 Å². The summed E-state index contributed by atoms with van der Waals surface area (Å²) in [6, 6.07) is 0. The molecule has 2 N–H and O–H groups in total. The second-order valence-electron chi connectivity index (χ2n) is 3.09. The van der Waals surface area contributed by atoms with Crippen LogP contribution in [0, 0.1) is 0 Å². The number of hydrogen-bond donors (Lipinski definition) is 1. The summed E-state index contributed by atoms with van der Waals surface area (Å²) >= 11 is 0. The van der Waals surface area contributed by atoms with Crippen LogP contribution >= 0.6 is 0 Å². The Labute approximate surface area is 72.7 Å². The van der Waals surface area contributed by atoms with Gasteiger partial charge in [0.15, 0.2) is 0 Å². The Bertz CT molecular complexity index is 161. The topological polar surface area (TPSA) is 55.6 Å². The quantitative estimate of drug-likeness (QED) is 0.662. The van der Waals surface area contributed by atoms with E-state index in [1.807, 2.05) is 0 Å². The molecule has 1 rings (SSSR count). The summed E-state index contributed by atoms with van der Waals surface area (Å²) < 4.78 is 4.92. The molecule has 1 atom stereocenters. The maximum absolute atomic E-state index is 10.4. The van der Waals surface area contributed by atoms with Gasteiger partial charge in [0.25, 0.3) is 0 Å². The Hall–Kier alpha value is -0.770. The summed E-state index contributed by atoms with van der Waals surface area (Å²) in [6.45, 7) is 5.06. The van der Waals surface area contributed by atoms with Crippen molar-refractivity contribution >= 4 is 6.09 Å². The fraction of sp³-hybridized carbons (Fsp3) is 0.875. The largest absolute Gasteiger partial charge is 0.445 e. The summed E-state index contributed by atoms with van der Waals surface area (Å²) in [5, 5.41) is 0. The predicted octanol–water partition coefficient (Wildman–Crippen LogP) is 0.566. The molecule has 70 valence electrons. The SMILES string of the molecule is CCN1CCC[C@@H](OC(N)=O)C1. The van der Waals surface area contributed by atoms with Crippen molar-refractivity contribution in [2.24, 2.45) is 5.73 Å². The smallest absolute Gasteiger partial charge is 0.404 e. The Balaban J connectivity index is 2.30. The van der Waals surface area contributed by atoms with Crippen LogP contribution in [0.2, 0.25) is 0 Å². The van der Waals surface area contributed by atoms with Gasteiger partial charge in [0.1, 0.15) is 6.10 Å². The number of nitrogens with zero attached hydrogens (tertiary/aromatic N) is 1. The number of piperidine rings is 1. The molecule has 0 bridgehead atoms. The lowest BCUT2D eigenvalue weighted by Crippen LogP contribution is -2.41. The maximum atomic E-state index is 10.4. The third kappa shape index (κ3) is 2.70. The Kier molecular flexibility index (Phi) is 3.34. The molecule has 12 heavy (non-hydrogen) atoms. The second-order valence-corrected chi connectivity index (χ2v) is 3.09. The first-order chi connectivity index (χ1) is 5.72. The molecule has 1 amide bonds. The minimum atomic E-state index is -0.655. The van der Waals surface area contributed by atoms with Crippen LogP contribution in [0.15, 0.2) is 0 Å². The Morgan fingerprint density at radius 2 is 2.50 bits per heavy atom. The first kappa shape index (κ1) is 9.32. The lowest BCUT2D eigenvalue weighted by Gasteiger charge is -2.30. The number of nitrogens with two attached hydrogens (primary N) is 1. The van der Waals surface area contributed by atoms with E-state index in [-0.39, 0.29) is 6.10 Å². The summed E-state index contributed by atoms with van der Waals surface area (Å²) in [5.41, 5.74) is 4.93. The van der Waals surface area contributed by atoms with E-state index in [4.69, 9.17) is 10.5 Å². The standard InChI is InChI=1S/C8H16N2O2/c1-2-10-5-3-4-7(6-10)12-8(9)11/h7H,2-6H2,1H3,(H2,9,11)/t7-/m1/s1. The summed E-state index contributed by atoms with van der Waals surface area (Å²) in [7, 11) is 0. The second kappa shape index (κ2) is 4.30. The highest BCUT2D eigenvalue weighted by atomic mass is 16.6. The molecule has 0 unspecified atom stereocenters. The highest BCUT2D eigenvalue weighted by Gasteiger charge is 2.20. The van der Waals surface area contributed by atoms with Gasteiger partial charge in [-0.15, -0.1) is 0 Å². The average molecular weight is 172 g/mol. The van der Waals surface area contributed by atoms with Crippen LogP contribution in [-0.2, 0) is 4.74 Å². The molecular formula is C8H16N2O2. The molecule has 0 aliphatic carbocycles. The van der Waals surface area contributed by atoms with Gasteiger partial charge in [0.2, 0.25) is 0 Å². The van der Waals surface area contributed by atoms with Gasteiger partial charge in [-0.25, -0.2) is 4.79 Å². The zero-order chi connectivity index (χ0) is 8.97. The van der Waals surface area contributed by atoms with E-state index in [9.17, 15) is 4.79 Å². The number of likely N-dealkylation sites (tertiary alicyclic amines) is 1. The van der Waals surface area contributed by atoms with E-state index < -0.39 is 6.09 Å². The maximum Gasteiger partial charge on any atom is 0.404 e. The van der Waals surface area contributed by atoms with Gasteiger partial charge in [0, 0.05) is 6.54 Å². The van der Waals surface area contributed by atoms with E-state index in [1.54, 1.807) is 0 Å². The van der Waals surface area contributed by atoms with Crippen LogP contribution in [0.3, 0.4) is 0 Å². The number of primary amides is 1. The molecule has 0 aromatic rings. The molecule has 4 nitrogen and oxygen atoms in total. The molecule has 0 saturated carbocycles. The fourth-order valence-electron chi connectivity index (χ4n) is 1.56. The number of likely N-dealkylation sites (N-methyl/N-ethyl adjacent to an activating group) is 1. The van der Waals surface area contributed by atoms with Crippen LogP contribution in [0.5, 0.6) is 0 Å². The van der Waals surface area contributed by atoms with Crippen molar-refractivity contribution in [2.45, 2.75) is 25.9 Å². The molecule has 4 heteroatoms. The lowest BCUT2D eigenvalue weighted by molar-refractivity contribution is 0.0494. The highest BCUT2D eigenvalue weighted by Crippen LogP contribution is 2.12. The zero-order valence-corrected chi connectivity index (χ0v) is 7.45. The van der Waals surface area contributed by atoms with Crippen LogP contribution in [0.4, 0.5) is 4.79 Å². The van der Waals surface area contributed by atoms with Crippen molar-refractivity contribution in [3.05, 3.63) is 0 Å². The number of hydrogen-bond acceptors (Lipinski definition) is 3. The van der Waals surface area contributed by atoms with Gasteiger partial charge in [-0.1, -0.05) is 6.92 Å². The molecule has 1 aliphatic heterocycles. The zero-order valence-electron chi connectivity index (χ0n) is 7.45. The highest BCUT2D eigenvalue weighted by molar-refractivity contribution is 5.64. The van der Waals surface area contributed by atoms with Gasteiger partial charge >= 0.3 is 6.09 Å². The molecule has 0 aromatic carbocycles. The first-order valence-corrected chi connectivity index (χ1v) is 4.40. The predicted molar refractivity (Wildman–Crippen MR) is 45.8 cm³/mol. The van der Waals surface area contributed by atoms with Crippen molar-refractivity contribution in [3.8, 4) is 0 Å². The molecule has 0 aromatic heterocycles. The molecular weight excluding hydrogens is 156 g/mol. The van der Waals surface area contributed by atoms with Crippen LogP contribution in [-0.4, -0.2) is 36.7 Å². The number of carbonyl (C=O) groups is 1. The minimum Gasteiger partial charge on any atom is -0.445 e. The summed E-state index contributed by atoms with van der Waals surface area (Å²) in [4.78, 5) is 12.7. The van der Waals surface area contributed by atoms with E-state index in [1.165, 1.54) is 0 Å². The fourth-order valence-corrected chi connectivity index (χ4v) is 1.56. The minimum absolute atomic E-state index is 0.0104. The van der Waals surface area contributed by atoms with E-state index >= 15 is 0 Å². The summed E-state index contributed by atoms with van der Waals surface area (Å²) in [6.07, 6.45) is 1.39. The van der Waals surface area contributed by atoms with E-state index in [2.05, 4.69) is 11.8 Å². The van der Waals surface area contributed by atoms with Crippen molar-refractivity contribution in [2.75, 3.05) is 19.6 Å². The monoisotopic (exact) mass is 172 g/mol. The normalized spacial score (nSPS) is 25.2. The van der Waals surface area contributed by atoms with Gasteiger partial charge < -0.3 is 10.5 Å². The van der Waals surface area contributed by atoms with Crippen molar-refractivity contribution in [1.82, 2.24) is 4.90 Å². The molecule has 0 spiro atoms. The number of rotatable bonds is 2. The molecule has 1 fully saturated rings. The third-order valence-corrected chi connectivity index (χ3v) is 2.19. The van der Waals surface area contributed by atoms with E-state index in [0.29, 0.717) is 0 Å². The van der Waals surface area contributed by atoms with Crippen LogP contribution in [0.1, 0.15) is 19.8 Å². The van der Waals surface area contributed by atoms with Crippen LogP contribution < -0.4 is 5.73 Å². The third-order valence-electron chi connectivity index (χ3n) is 2.19.